The summed E-state index contributed by atoms with van der Waals surface area (Å²) < 4.78 is 11.1. The number of carbonyl (C=O) groups is 1. The average Bonchev–Trinajstić information content (AvgIpc) is 2.70. The molecule has 0 saturated carbocycles. The maximum atomic E-state index is 12.1. The molecule has 5 nitrogen and oxygen atoms in total. The lowest BCUT2D eigenvalue weighted by Gasteiger charge is -2.19. The molecular formula is C20H21ClN2O3S. The molecule has 0 atom stereocenters. The molecule has 2 aromatic carbocycles. The molecule has 0 unspecified atom stereocenters. The Labute approximate surface area is 168 Å². The molecule has 1 aliphatic rings. The van der Waals surface area contributed by atoms with Gasteiger partial charge >= 0.3 is 0 Å². The van der Waals surface area contributed by atoms with Crippen LogP contribution in [0.1, 0.15) is 24.5 Å². The number of hydrogen-bond acceptors (Lipinski definition) is 5. The van der Waals surface area contributed by atoms with Gasteiger partial charge in [-0.1, -0.05) is 36.7 Å². The van der Waals surface area contributed by atoms with E-state index in [-0.39, 0.29) is 5.91 Å². The van der Waals surface area contributed by atoms with Crippen LogP contribution in [-0.2, 0) is 10.5 Å². The fourth-order valence-corrected chi connectivity index (χ4v) is 3.71. The third kappa shape index (κ3) is 5.40. The first-order valence-electron chi connectivity index (χ1n) is 8.74. The van der Waals surface area contributed by atoms with E-state index in [1.807, 2.05) is 49.4 Å². The quantitative estimate of drug-likeness (QED) is 0.552. The van der Waals surface area contributed by atoms with Gasteiger partial charge in [0.15, 0.2) is 11.5 Å². The van der Waals surface area contributed by atoms with Crippen LogP contribution < -0.4 is 14.9 Å². The predicted molar refractivity (Wildman–Crippen MR) is 110 cm³/mol. The highest BCUT2D eigenvalue weighted by Gasteiger charge is 2.13. The zero-order chi connectivity index (χ0) is 19.1. The van der Waals surface area contributed by atoms with Gasteiger partial charge in [-0.05, 0) is 36.2 Å². The number of hydrogen-bond donors (Lipinski definition) is 1. The van der Waals surface area contributed by atoms with E-state index in [1.54, 1.807) is 0 Å². The summed E-state index contributed by atoms with van der Waals surface area (Å²) in [4.78, 5) is 12.1. The molecule has 0 bridgehead atoms. The van der Waals surface area contributed by atoms with Gasteiger partial charge in [0, 0.05) is 16.3 Å². The first-order valence-corrected chi connectivity index (χ1v) is 10.3. The summed E-state index contributed by atoms with van der Waals surface area (Å²) in [5.41, 5.74) is 5.35. The number of amides is 1. The largest absolute Gasteiger partial charge is 0.486 e. The summed E-state index contributed by atoms with van der Waals surface area (Å²) in [6.07, 6.45) is 0.687. The zero-order valence-corrected chi connectivity index (χ0v) is 16.6. The van der Waals surface area contributed by atoms with Crippen molar-refractivity contribution in [3.05, 3.63) is 58.6 Å². The lowest BCUT2D eigenvalue weighted by atomic mass is 10.1. The van der Waals surface area contributed by atoms with Gasteiger partial charge in [0.2, 0.25) is 5.91 Å². The molecule has 27 heavy (non-hydrogen) atoms. The summed E-state index contributed by atoms with van der Waals surface area (Å²) in [7, 11) is 0. The second kappa shape index (κ2) is 9.67. The molecule has 1 heterocycles. The van der Waals surface area contributed by atoms with E-state index >= 15 is 0 Å². The van der Waals surface area contributed by atoms with Crippen LogP contribution >= 0.6 is 23.4 Å². The van der Waals surface area contributed by atoms with Crippen molar-refractivity contribution in [1.82, 2.24) is 5.43 Å². The van der Waals surface area contributed by atoms with Crippen LogP contribution in [0, 0.1) is 0 Å². The highest BCUT2D eigenvalue weighted by atomic mass is 35.5. The van der Waals surface area contributed by atoms with E-state index in [9.17, 15) is 4.79 Å². The van der Waals surface area contributed by atoms with Crippen LogP contribution in [0.4, 0.5) is 0 Å². The fourth-order valence-electron chi connectivity index (χ4n) is 2.60. The molecular weight excluding hydrogens is 384 g/mol. The third-order valence-corrected chi connectivity index (χ3v) is 5.32. The number of nitrogens with one attached hydrogen (secondary N) is 1. The topological polar surface area (TPSA) is 59.9 Å². The molecule has 7 heteroatoms. The normalized spacial score (nSPS) is 13.3. The summed E-state index contributed by atoms with van der Waals surface area (Å²) >= 11 is 7.62. The van der Waals surface area contributed by atoms with Crippen LogP contribution in [0.5, 0.6) is 11.5 Å². The highest BCUT2D eigenvalue weighted by Crippen LogP contribution is 2.31. The molecule has 1 amide bonds. The Morgan fingerprint density at radius 3 is 2.74 bits per heavy atom. The zero-order valence-electron chi connectivity index (χ0n) is 15.0. The Hall–Kier alpha value is -2.18. The molecule has 0 spiro atoms. The summed E-state index contributed by atoms with van der Waals surface area (Å²) in [5.74, 6) is 2.30. The minimum Gasteiger partial charge on any atom is -0.486 e. The van der Waals surface area contributed by atoms with Crippen molar-refractivity contribution in [3.63, 3.8) is 0 Å². The lowest BCUT2D eigenvalue weighted by Crippen LogP contribution is -2.22. The number of ether oxygens (including phenoxy) is 2. The average molecular weight is 405 g/mol. The van der Waals surface area contributed by atoms with Gasteiger partial charge in [0.05, 0.1) is 11.5 Å². The number of fused-ring (bicyclic) bond motifs is 1. The van der Waals surface area contributed by atoms with Crippen LogP contribution in [0.3, 0.4) is 0 Å². The number of rotatable bonds is 7. The lowest BCUT2D eigenvalue weighted by molar-refractivity contribution is -0.118. The van der Waals surface area contributed by atoms with Crippen LogP contribution in [0.2, 0.25) is 5.02 Å². The summed E-state index contributed by atoms with van der Waals surface area (Å²) in [6.45, 7) is 3.09. The van der Waals surface area contributed by atoms with Crippen LogP contribution in [0.15, 0.2) is 47.6 Å². The number of benzene rings is 2. The standard InChI is InChI=1S/C20H21ClN2O3S/c1-2-17(14-7-8-18-19(11-14)26-10-9-25-18)22-23-20(24)13-27-12-15-5-3-4-6-16(15)21/h3-8,11H,2,9-10,12-13H2,1H3,(H,23,24)/b22-17+. The molecule has 1 N–H and O–H groups in total. The first-order chi connectivity index (χ1) is 13.2. The summed E-state index contributed by atoms with van der Waals surface area (Å²) in [6, 6.07) is 13.3. The van der Waals surface area contributed by atoms with E-state index in [2.05, 4.69) is 10.5 Å². The van der Waals surface area contributed by atoms with Crippen molar-refractivity contribution < 1.29 is 14.3 Å². The summed E-state index contributed by atoms with van der Waals surface area (Å²) in [5, 5.41) is 5.00. The number of halogens is 1. The van der Waals surface area contributed by atoms with E-state index in [0.717, 1.165) is 27.6 Å². The molecule has 0 radical (unpaired) electrons. The molecule has 3 rings (SSSR count). The van der Waals surface area contributed by atoms with Crippen molar-refractivity contribution >= 4 is 35.0 Å². The van der Waals surface area contributed by atoms with Crippen LogP contribution in [0.25, 0.3) is 0 Å². The molecule has 0 aromatic heterocycles. The molecule has 2 aromatic rings. The maximum absolute atomic E-state index is 12.1. The SMILES string of the molecule is CC/C(=N\NC(=O)CSCc1ccccc1Cl)c1ccc2c(c1)OCCO2. The molecule has 0 saturated heterocycles. The molecule has 0 fully saturated rings. The Morgan fingerprint density at radius 1 is 1.19 bits per heavy atom. The minimum atomic E-state index is -0.143. The maximum Gasteiger partial charge on any atom is 0.250 e. The van der Waals surface area contributed by atoms with Gasteiger partial charge in [0.1, 0.15) is 13.2 Å². The number of thioether (sulfide) groups is 1. The van der Waals surface area contributed by atoms with Gasteiger partial charge in [-0.3, -0.25) is 4.79 Å². The van der Waals surface area contributed by atoms with Gasteiger partial charge in [-0.2, -0.15) is 5.10 Å². The van der Waals surface area contributed by atoms with Gasteiger partial charge < -0.3 is 9.47 Å². The molecule has 0 aliphatic carbocycles. The number of hydrazone groups is 1. The fraction of sp³-hybridized carbons (Fsp3) is 0.300. The van der Waals surface area contributed by atoms with Gasteiger partial charge in [-0.25, -0.2) is 5.43 Å². The van der Waals surface area contributed by atoms with Crippen LogP contribution in [-0.4, -0.2) is 30.6 Å². The van der Waals surface area contributed by atoms with E-state index in [0.29, 0.717) is 36.9 Å². The Morgan fingerprint density at radius 2 is 1.96 bits per heavy atom. The monoisotopic (exact) mass is 404 g/mol. The van der Waals surface area contributed by atoms with Crippen molar-refractivity contribution in [1.29, 1.82) is 0 Å². The van der Waals surface area contributed by atoms with E-state index < -0.39 is 0 Å². The predicted octanol–water partition coefficient (Wildman–Crippen LogP) is 4.27. The van der Waals surface area contributed by atoms with E-state index in [1.165, 1.54) is 11.8 Å². The smallest absolute Gasteiger partial charge is 0.250 e. The van der Waals surface area contributed by atoms with Gasteiger partial charge in [0.25, 0.3) is 0 Å². The Kier molecular flexibility index (Phi) is 7.01. The Balaban J connectivity index is 1.55. The highest BCUT2D eigenvalue weighted by molar-refractivity contribution is 7.99. The van der Waals surface area contributed by atoms with Gasteiger partial charge in [-0.15, -0.1) is 11.8 Å². The number of carbonyl (C=O) groups excluding carboxylic acids is 1. The third-order valence-electron chi connectivity index (χ3n) is 3.97. The molecule has 1 aliphatic heterocycles. The molecule has 142 valence electrons. The van der Waals surface area contributed by atoms with Crippen molar-refractivity contribution in [2.24, 2.45) is 5.10 Å². The Bertz CT molecular complexity index is 842. The minimum absolute atomic E-state index is 0.143. The second-order valence-electron chi connectivity index (χ2n) is 5.89. The van der Waals surface area contributed by atoms with Crippen molar-refractivity contribution in [3.8, 4) is 11.5 Å². The van der Waals surface area contributed by atoms with Crippen molar-refractivity contribution in [2.75, 3.05) is 19.0 Å². The number of nitrogens with zero attached hydrogens (tertiary/aromatic N) is 1. The second-order valence-corrected chi connectivity index (χ2v) is 7.28. The van der Waals surface area contributed by atoms with E-state index in [4.69, 9.17) is 21.1 Å². The first kappa shape index (κ1) is 19.6. The van der Waals surface area contributed by atoms with Crippen molar-refractivity contribution in [2.45, 2.75) is 19.1 Å².